The van der Waals surface area contributed by atoms with E-state index < -0.39 is 11.8 Å². The van der Waals surface area contributed by atoms with E-state index in [-0.39, 0.29) is 6.42 Å². The van der Waals surface area contributed by atoms with Crippen LogP contribution in [-0.4, -0.2) is 12.2 Å². The second-order valence-corrected chi connectivity index (χ2v) is 4.35. The lowest BCUT2D eigenvalue weighted by Crippen LogP contribution is -2.29. The van der Waals surface area contributed by atoms with Gasteiger partial charge in [0.15, 0.2) is 0 Å². The molecule has 16 heavy (non-hydrogen) atoms. The van der Waals surface area contributed by atoms with Gasteiger partial charge in [-0.25, -0.2) is 8.78 Å². The van der Waals surface area contributed by atoms with E-state index in [2.05, 4.69) is 0 Å². The Balaban J connectivity index is 2.31. The van der Waals surface area contributed by atoms with Crippen molar-refractivity contribution in [3.63, 3.8) is 0 Å². The molecule has 1 atom stereocenters. The van der Waals surface area contributed by atoms with Crippen LogP contribution in [0, 0.1) is 0 Å². The average Bonchev–Trinajstić information content (AvgIpc) is 2.28. The molecule has 1 nitrogen and oxygen atoms in total. The first-order chi connectivity index (χ1) is 7.63. The van der Waals surface area contributed by atoms with Gasteiger partial charge in [-0.05, 0) is 24.5 Å². The summed E-state index contributed by atoms with van der Waals surface area (Å²) >= 11 is 0. The van der Waals surface area contributed by atoms with Gasteiger partial charge in [0.25, 0.3) is 5.92 Å². The van der Waals surface area contributed by atoms with Gasteiger partial charge in [0.05, 0.1) is 0 Å². The van der Waals surface area contributed by atoms with Crippen molar-refractivity contribution in [3.05, 3.63) is 35.4 Å². The minimum absolute atomic E-state index is 0.0387. The summed E-state index contributed by atoms with van der Waals surface area (Å²) in [6.07, 6.45) is 2.60. The number of carbonyl (C=O) groups excluding carboxylic acids is 1. The fraction of sp³-hybridized carbons (Fsp3) is 0.462. The molecule has 0 saturated heterocycles. The van der Waals surface area contributed by atoms with Crippen molar-refractivity contribution in [1.82, 2.24) is 0 Å². The number of benzene rings is 1. The van der Waals surface area contributed by atoms with Crippen LogP contribution in [0.2, 0.25) is 0 Å². The molecule has 0 heterocycles. The predicted octanol–water partition coefficient (Wildman–Crippen LogP) is 3.79. The Morgan fingerprint density at radius 2 is 2.12 bits per heavy atom. The fourth-order valence-corrected chi connectivity index (χ4v) is 2.35. The number of aldehydes is 1. The second kappa shape index (κ2) is 4.32. The summed E-state index contributed by atoms with van der Waals surface area (Å²) < 4.78 is 27.4. The molecule has 0 aromatic heterocycles. The lowest BCUT2D eigenvalue weighted by atomic mass is 9.80. The van der Waals surface area contributed by atoms with Crippen molar-refractivity contribution in [2.24, 2.45) is 0 Å². The van der Waals surface area contributed by atoms with Crippen LogP contribution in [0.15, 0.2) is 24.3 Å². The summed E-state index contributed by atoms with van der Waals surface area (Å²) in [6.45, 7) is 0. The molecule has 86 valence electrons. The smallest absolute Gasteiger partial charge is 0.254 e. The van der Waals surface area contributed by atoms with Crippen LogP contribution >= 0.6 is 0 Å². The van der Waals surface area contributed by atoms with Crippen LogP contribution in [0.25, 0.3) is 0 Å². The van der Waals surface area contributed by atoms with Crippen LogP contribution in [0.5, 0.6) is 0 Å². The van der Waals surface area contributed by atoms with Crippen LogP contribution in [0.3, 0.4) is 0 Å². The number of hydrogen-bond acceptors (Lipinski definition) is 1. The largest absolute Gasteiger partial charge is 0.298 e. The number of carbonyl (C=O) groups is 1. The number of halogens is 2. The molecule has 2 rings (SSSR count). The zero-order valence-electron chi connectivity index (χ0n) is 8.96. The third-order valence-electron chi connectivity index (χ3n) is 3.21. The molecule has 1 fully saturated rings. The molecule has 1 aliphatic rings. The van der Waals surface area contributed by atoms with E-state index in [9.17, 15) is 13.6 Å². The highest BCUT2D eigenvalue weighted by Crippen LogP contribution is 2.44. The zero-order chi connectivity index (χ0) is 11.6. The van der Waals surface area contributed by atoms with Gasteiger partial charge in [-0.2, -0.15) is 0 Å². The van der Waals surface area contributed by atoms with Crippen LogP contribution in [0.4, 0.5) is 8.78 Å². The molecule has 0 amide bonds. The maximum absolute atomic E-state index is 13.7. The molecule has 1 aromatic carbocycles. The first-order valence-electron chi connectivity index (χ1n) is 5.56. The molecule has 0 radical (unpaired) electrons. The van der Waals surface area contributed by atoms with E-state index >= 15 is 0 Å². The molecule has 0 spiro atoms. The fourth-order valence-electron chi connectivity index (χ4n) is 2.35. The van der Waals surface area contributed by atoms with Gasteiger partial charge in [-0.3, -0.25) is 4.79 Å². The van der Waals surface area contributed by atoms with Crippen molar-refractivity contribution in [3.8, 4) is 0 Å². The normalized spacial score (nSPS) is 24.0. The van der Waals surface area contributed by atoms with Crippen LogP contribution in [0.1, 0.15) is 47.5 Å². The Kier molecular flexibility index (Phi) is 3.03. The topological polar surface area (TPSA) is 17.1 Å². The Morgan fingerprint density at radius 3 is 2.81 bits per heavy atom. The van der Waals surface area contributed by atoms with Gasteiger partial charge in [0.1, 0.15) is 6.29 Å². The Morgan fingerprint density at radius 1 is 1.31 bits per heavy atom. The van der Waals surface area contributed by atoms with Gasteiger partial charge >= 0.3 is 0 Å². The number of hydrogen-bond donors (Lipinski definition) is 0. The van der Waals surface area contributed by atoms with Crippen molar-refractivity contribution in [2.75, 3.05) is 0 Å². The molecular formula is C13H14F2O. The highest BCUT2D eigenvalue weighted by Gasteiger charge is 2.42. The van der Waals surface area contributed by atoms with Crippen molar-refractivity contribution in [1.29, 1.82) is 0 Å². The van der Waals surface area contributed by atoms with Crippen molar-refractivity contribution in [2.45, 2.75) is 37.5 Å². The van der Waals surface area contributed by atoms with E-state index in [1.807, 2.05) is 0 Å². The van der Waals surface area contributed by atoms with Crippen molar-refractivity contribution >= 4 is 6.29 Å². The van der Waals surface area contributed by atoms with E-state index in [4.69, 9.17) is 0 Å². The van der Waals surface area contributed by atoms with Gasteiger partial charge < -0.3 is 0 Å². The van der Waals surface area contributed by atoms with E-state index in [1.54, 1.807) is 24.3 Å². The lowest BCUT2D eigenvalue weighted by Gasteiger charge is -2.31. The third kappa shape index (κ3) is 2.13. The summed E-state index contributed by atoms with van der Waals surface area (Å²) in [4.78, 5) is 10.6. The lowest BCUT2D eigenvalue weighted by molar-refractivity contribution is -0.0547. The van der Waals surface area contributed by atoms with Crippen molar-refractivity contribution < 1.29 is 13.6 Å². The summed E-state index contributed by atoms with van der Waals surface area (Å²) in [5.41, 5.74) is 1.06. The van der Waals surface area contributed by atoms with Crippen LogP contribution in [-0.2, 0) is 0 Å². The predicted molar refractivity (Wildman–Crippen MR) is 58.0 cm³/mol. The molecule has 0 aliphatic heterocycles. The second-order valence-electron chi connectivity index (χ2n) is 4.35. The highest BCUT2D eigenvalue weighted by atomic mass is 19.3. The zero-order valence-corrected chi connectivity index (χ0v) is 8.96. The maximum Gasteiger partial charge on any atom is 0.254 e. The molecular weight excluding hydrogens is 210 g/mol. The summed E-state index contributed by atoms with van der Waals surface area (Å²) in [5.74, 6) is -3.35. The summed E-state index contributed by atoms with van der Waals surface area (Å²) in [6, 6.07) is 6.58. The van der Waals surface area contributed by atoms with Gasteiger partial charge in [0.2, 0.25) is 0 Å². The molecule has 0 N–H and O–H groups in total. The SMILES string of the molecule is O=Cc1cccc(C2CCCCC2(F)F)c1. The monoisotopic (exact) mass is 224 g/mol. The Hall–Kier alpha value is -1.25. The van der Waals surface area contributed by atoms with E-state index in [1.165, 1.54) is 0 Å². The standard InChI is InChI=1S/C13H14F2O/c14-13(15)7-2-1-6-12(13)11-5-3-4-10(8-11)9-16/h3-5,8-9,12H,1-2,6-7H2. The maximum atomic E-state index is 13.7. The van der Waals surface area contributed by atoms with Gasteiger partial charge in [-0.1, -0.05) is 24.6 Å². The minimum atomic E-state index is -2.63. The molecule has 3 heteroatoms. The Bertz CT molecular complexity index is 387. The summed E-state index contributed by atoms with van der Waals surface area (Å²) in [5, 5.41) is 0. The molecule has 1 aliphatic carbocycles. The van der Waals surface area contributed by atoms with Crippen LogP contribution < -0.4 is 0 Å². The summed E-state index contributed by atoms with van der Waals surface area (Å²) in [7, 11) is 0. The number of rotatable bonds is 2. The first kappa shape index (κ1) is 11.2. The highest BCUT2D eigenvalue weighted by molar-refractivity contribution is 5.75. The molecule has 1 unspecified atom stereocenters. The average molecular weight is 224 g/mol. The molecule has 1 aromatic rings. The molecule has 0 bridgehead atoms. The number of alkyl halides is 2. The van der Waals surface area contributed by atoms with E-state index in [0.29, 0.717) is 30.3 Å². The Labute approximate surface area is 93.5 Å². The van der Waals surface area contributed by atoms with Gasteiger partial charge in [-0.15, -0.1) is 0 Å². The van der Waals surface area contributed by atoms with E-state index in [0.717, 1.165) is 6.42 Å². The van der Waals surface area contributed by atoms with Gasteiger partial charge in [0, 0.05) is 17.9 Å². The minimum Gasteiger partial charge on any atom is -0.298 e. The first-order valence-corrected chi connectivity index (χ1v) is 5.56. The molecule has 1 saturated carbocycles. The third-order valence-corrected chi connectivity index (χ3v) is 3.21. The quantitative estimate of drug-likeness (QED) is 0.698.